The fraction of sp³-hybridized carbons (Fsp3) is 0.294. The van der Waals surface area contributed by atoms with Gasteiger partial charge in [0.2, 0.25) is 0 Å². The molecule has 0 aliphatic heterocycles. The van der Waals surface area contributed by atoms with E-state index in [1.54, 1.807) is 0 Å². The third-order valence-electron chi connectivity index (χ3n) is 3.46. The van der Waals surface area contributed by atoms with Crippen molar-refractivity contribution in [2.45, 2.75) is 26.2 Å². The Hall–Kier alpha value is -1.60. The van der Waals surface area contributed by atoms with Crippen LogP contribution in [0.4, 0.5) is 0 Å². The van der Waals surface area contributed by atoms with Crippen molar-refractivity contribution in [3.8, 4) is 0 Å². The lowest BCUT2D eigenvalue weighted by molar-refractivity contribution is 0.722. The average Bonchev–Trinajstić information content (AvgIpc) is 2.38. The van der Waals surface area contributed by atoms with Crippen LogP contribution in [-0.2, 0) is 0 Å². The van der Waals surface area contributed by atoms with E-state index in [1.807, 2.05) is 0 Å². The molecule has 0 fully saturated rings. The molecule has 0 aromatic heterocycles. The van der Waals surface area contributed by atoms with E-state index in [4.69, 9.17) is 5.73 Å². The molecule has 1 atom stereocenters. The molecular formula is C17H21N. The number of nitrogens with two attached hydrogens (primary N) is 1. The lowest BCUT2D eigenvalue weighted by atomic mass is 9.85. The SMILES string of the molecule is Cc1ccc(C(CCN)c2ccccc2)c(C)c1. The van der Waals surface area contributed by atoms with Crippen molar-refractivity contribution in [2.75, 3.05) is 6.54 Å². The zero-order valence-electron chi connectivity index (χ0n) is 11.2. The van der Waals surface area contributed by atoms with Gasteiger partial charge in [0.15, 0.2) is 0 Å². The van der Waals surface area contributed by atoms with E-state index in [0.29, 0.717) is 12.5 Å². The summed E-state index contributed by atoms with van der Waals surface area (Å²) >= 11 is 0. The summed E-state index contributed by atoms with van der Waals surface area (Å²) in [6, 6.07) is 17.3. The molecule has 0 heterocycles. The number of hydrogen-bond donors (Lipinski definition) is 1. The summed E-state index contributed by atoms with van der Waals surface area (Å²) in [6.07, 6.45) is 0.994. The van der Waals surface area contributed by atoms with Crippen LogP contribution in [0.2, 0.25) is 0 Å². The zero-order valence-corrected chi connectivity index (χ0v) is 11.2. The normalized spacial score (nSPS) is 12.4. The molecule has 0 saturated heterocycles. The molecule has 0 aliphatic carbocycles. The minimum atomic E-state index is 0.414. The summed E-state index contributed by atoms with van der Waals surface area (Å²) in [4.78, 5) is 0. The Labute approximate surface area is 110 Å². The molecule has 0 radical (unpaired) electrons. The molecular weight excluding hydrogens is 218 g/mol. The quantitative estimate of drug-likeness (QED) is 0.863. The van der Waals surface area contributed by atoms with Crippen molar-refractivity contribution in [1.29, 1.82) is 0 Å². The van der Waals surface area contributed by atoms with Gasteiger partial charge in [0, 0.05) is 5.92 Å². The van der Waals surface area contributed by atoms with Gasteiger partial charge in [-0.25, -0.2) is 0 Å². The Balaban J connectivity index is 2.41. The van der Waals surface area contributed by atoms with Crippen LogP contribution in [0.3, 0.4) is 0 Å². The number of rotatable bonds is 4. The van der Waals surface area contributed by atoms with E-state index in [-0.39, 0.29) is 0 Å². The highest BCUT2D eigenvalue weighted by atomic mass is 14.5. The fourth-order valence-corrected chi connectivity index (χ4v) is 2.57. The van der Waals surface area contributed by atoms with Gasteiger partial charge >= 0.3 is 0 Å². The first-order chi connectivity index (χ1) is 8.72. The van der Waals surface area contributed by atoms with Crippen LogP contribution >= 0.6 is 0 Å². The van der Waals surface area contributed by atoms with Gasteiger partial charge in [0.1, 0.15) is 0 Å². The van der Waals surface area contributed by atoms with Gasteiger partial charge in [-0.2, -0.15) is 0 Å². The van der Waals surface area contributed by atoms with Gasteiger partial charge in [0.25, 0.3) is 0 Å². The van der Waals surface area contributed by atoms with E-state index < -0.39 is 0 Å². The second kappa shape index (κ2) is 5.83. The van der Waals surface area contributed by atoms with E-state index in [2.05, 4.69) is 62.4 Å². The van der Waals surface area contributed by atoms with Crippen LogP contribution in [0.15, 0.2) is 48.5 Å². The predicted molar refractivity (Wildman–Crippen MR) is 77.9 cm³/mol. The molecule has 0 amide bonds. The minimum absolute atomic E-state index is 0.414. The molecule has 1 nitrogen and oxygen atoms in total. The van der Waals surface area contributed by atoms with Gasteiger partial charge in [-0.05, 0) is 43.5 Å². The Morgan fingerprint density at radius 1 is 1.00 bits per heavy atom. The molecule has 2 aromatic rings. The molecule has 2 rings (SSSR count). The summed E-state index contributed by atoms with van der Waals surface area (Å²) in [5.41, 5.74) is 11.2. The van der Waals surface area contributed by atoms with Gasteiger partial charge < -0.3 is 5.73 Å². The highest BCUT2D eigenvalue weighted by molar-refractivity contribution is 5.39. The van der Waals surface area contributed by atoms with Crippen molar-refractivity contribution in [3.05, 3.63) is 70.8 Å². The summed E-state index contributed by atoms with van der Waals surface area (Å²) in [6.45, 7) is 5.04. The van der Waals surface area contributed by atoms with Crippen LogP contribution < -0.4 is 5.73 Å². The van der Waals surface area contributed by atoms with Crippen molar-refractivity contribution >= 4 is 0 Å². The maximum absolute atomic E-state index is 5.78. The summed E-state index contributed by atoms with van der Waals surface area (Å²) < 4.78 is 0. The number of hydrogen-bond acceptors (Lipinski definition) is 1. The maximum Gasteiger partial charge on any atom is 0.0104 e. The summed E-state index contributed by atoms with van der Waals surface area (Å²) in [5, 5.41) is 0. The third-order valence-corrected chi connectivity index (χ3v) is 3.46. The van der Waals surface area contributed by atoms with Crippen LogP contribution in [0.5, 0.6) is 0 Å². The monoisotopic (exact) mass is 239 g/mol. The molecule has 1 heteroatoms. The summed E-state index contributed by atoms with van der Waals surface area (Å²) in [5.74, 6) is 0.414. The third kappa shape index (κ3) is 2.80. The van der Waals surface area contributed by atoms with Crippen LogP contribution in [-0.4, -0.2) is 6.54 Å². The highest BCUT2D eigenvalue weighted by Crippen LogP contribution is 2.30. The molecule has 2 N–H and O–H groups in total. The first-order valence-electron chi connectivity index (χ1n) is 6.54. The molecule has 1 unspecified atom stereocenters. The minimum Gasteiger partial charge on any atom is -0.330 e. The second-order valence-corrected chi connectivity index (χ2v) is 4.90. The van der Waals surface area contributed by atoms with Gasteiger partial charge in [0.05, 0.1) is 0 Å². The van der Waals surface area contributed by atoms with Crippen molar-refractivity contribution in [3.63, 3.8) is 0 Å². The topological polar surface area (TPSA) is 26.0 Å². The molecule has 2 aromatic carbocycles. The lowest BCUT2D eigenvalue weighted by Crippen LogP contribution is -2.10. The van der Waals surface area contributed by atoms with Crippen molar-refractivity contribution in [1.82, 2.24) is 0 Å². The van der Waals surface area contributed by atoms with Gasteiger partial charge in [-0.1, -0.05) is 54.1 Å². The molecule has 18 heavy (non-hydrogen) atoms. The second-order valence-electron chi connectivity index (χ2n) is 4.90. The highest BCUT2D eigenvalue weighted by Gasteiger charge is 2.15. The standard InChI is InChI=1S/C17H21N/c1-13-8-9-16(14(2)12-13)17(10-11-18)15-6-4-3-5-7-15/h3-9,12,17H,10-11,18H2,1-2H3. The van der Waals surface area contributed by atoms with Crippen LogP contribution in [0.25, 0.3) is 0 Å². The average molecular weight is 239 g/mol. The first-order valence-corrected chi connectivity index (χ1v) is 6.54. The number of benzene rings is 2. The van der Waals surface area contributed by atoms with E-state index in [1.165, 1.54) is 22.3 Å². The van der Waals surface area contributed by atoms with Crippen molar-refractivity contribution < 1.29 is 0 Å². The van der Waals surface area contributed by atoms with Gasteiger partial charge in [-0.15, -0.1) is 0 Å². The van der Waals surface area contributed by atoms with E-state index in [0.717, 1.165) is 6.42 Å². The number of aryl methyl sites for hydroxylation is 2. The molecule has 94 valence electrons. The Kier molecular flexibility index (Phi) is 4.16. The first kappa shape index (κ1) is 12.8. The fourth-order valence-electron chi connectivity index (χ4n) is 2.57. The largest absolute Gasteiger partial charge is 0.330 e. The smallest absolute Gasteiger partial charge is 0.0104 e. The maximum atomic E-state index is 5.78. The molecule has 0 spiro atoms. The molecule has 0 saturated carbocycles. The van der Waals surface area contributed by atoms with Crippen LogP contribution in [0.1, 0.15) is 34.6 Å². The summed E-state index contributed by atoms with van der Waals surface area (Å²) in [7, 11) is 0. The predicted octanol–water partition coefficient (Wildman–Crippen LogP) is 3.78. The van der Waals surface area contributed by atoms with Gasteiger partial charge in [-0.3, -0.25) is 0 Å². The zero-order chi connectivity index (χ0) is 13.0. The Bertz CT molecular complexity index is 502. The van der Waals surface area contributed by atoms with E-state index >= 15 is 0 Å². The van der Waals surface area contributed by atoms with Crippen molar-refractivity contribution in [2.24, 2.45) is 5.73 Å². The Morgan fingerprint density at radius 2 is 1.72 bits per heavy atom. The Morgan fingerprint density at radius 3 is 2.33 bits per heavy atom. The van der Waals surface area contributed by atoms with E-state index in [9.17, 15) is 0 Å². The molecule has 0 aliphatic rings. The molecule has 0 bridgehead atoms. The lowest BCUT2D eigenvalue weighted by Gasteiger charge is -2.19. The van der Waals surface area contributed by atoms with Crippen LogP contribution in [0, 0.1) is 13.8 Å².